The lowest BCUT2D eigenvalue weighted by Crippen LogP contribution is -2.36. The number of hydrogen-bond donors (Lipinski definition) is 2. The predicted molar refractivity (Wildman–Crippen MR) is 113 cm³/mol. The van der Waals surface area contributed by atoms with Crippen molar-refractivity contribution in [2.24, 2.45) is 5.10 Å². The van der Waals surface area contributed by atoms with Crippen LogP contribution in [0.2, 0.25) is 10.0 Å². The molecule has 0 aliphatic carbocycles. The highest BCUT2D eigenvalue weighted by Crippen LogP contribution is 2.38. The zero-order valence-corrected chi connectivity index (χ0v) is 17.8. The van der Waals surface area contributed by atoms with E-state index in [0.29, 0.717) is 6.54 Å². The quantitative estimate of drug-likeness (QED) is 0.467. The normalized spacial score (nSPS) is 10.7. The highest BCUT2D eigenvalue weighted by atomic mass is 35.5. The molecular formula is C18H16Cl2N6O5. The van der Waals surface area contributed by atoms with Crippen LogP contribution in [0.4, 0.5) is 10.5 Å². The Morgan fingerprint density at radius 3 is 2.52 bits per heavy atom. The molecule has 2 N–H and O–H groups in total. The SMILES string of the molecule is CCOC(=O)NC(=O)C(C#N)=NNc1cc(Cl)c(Oc2ccc(=O)n(CC)n2)c(Cl)c1. The number of nitrogens with zero attached hydrogens (tertiary/aromatic N) is 4. The smallest absolute Gasteiger partial charge is 0.414 e. The first kappa shape index (κ1) is 23.7. The number of imide groups is 1. The fourth-order valence-corrected chi connectivity index (χ4v) is 2.67. The number of hydrazone groups is 1. The van der Waals surface area contributed by atoms with E-state index in [1.165, 1.54) is 28.9 Å². The number of nitrogens with one attached hydrogen (secondary N) is 2. The van der Waals surface area contributed by atoms with Gasteiger partial charge in [0.15, 0.2) is 5.75 Å². The van der Waals surface area contributed by atoms with Gasteiger partial charge in [-0.15, -0.1) is 5.10 Å². The number of ether oxygens (including phenoxy) is 2. The first-order valence-electron chi connectivity index (χ1n) is 8.76. The van der Waals surface area contributed by atoms with E-state index in [-0.39, 0.29) is 39.5 Å². The maximum atomic E-state index is 11.8. The van der Waals surface area contributed by atoms with Gasteiger partial charge in [0.05, 0.1) is 22.3 Å². The highest BCUT2D eigenvalue weighted by Gasteiger charge is 2.16. The van der Waals surface area contributed by atoms with Gasteiger partial charge in [0.1, 0.15) is 6.07 Å². The molecule has 162 valence electrons. The minimum absolute atomic E-state index is 0.0524. The van der Waals surface area contributed by atoms with Gasteiger partial charge in [0.25, 0.3) is 11.5 Å². The number of hydrogen-bond acceptors (Lipinski definition) is 9. The second-order valence-corrected chi connectivity index (χ2v) is 6.37. The van der Waals surface area contributed by atoms with Crippen molar-refractivity contribution in [2.45, 2.75) is 20.4 Å². The largest absolute Gasteiger partial charge is 0.450 e. The molecule has 0 radical (unpaired) electrons. The van der Waals surface area contributed by atoms with Crippen molar-refractivity contribution in [3.63, 3.8) is 0 Å². The van der Waals surface area contributed by atoms with E-state index >= 15 is 0 Å². The Labute approximate surface area is 186 Å². The topological polar surface area (TPSA) is 148 Å². The van der Waals surface area contributed by atoms with Crippen molar-refractivity contribution in [1.29, 1.82) is 5.26 Å². The lowest BCUT2D eigenvalue weighted by Gasteiger charge is -2.11. The number of aryl methyl sites for hydroxylation is 1. The van der Waals surface area contributed by atoms with Gasteiger partial charge in [0.2, 0.25) is 11.6 Å². The lowest BCUT2D eigenvalue weighted by molar-refractivity contribution is -0.114. The number of amides is 2. The molecule has 2 aromatic rings. The second-order valence-electron chi connectivity index (χ2n) is 5.56. The zero-order chi connectivity index (χ0) is 23.0. The molecule has 0 aliphatic rings. The van der Waals surface area contributed by atoms with Crippen LogP contribution in [0.1, 0.15) is 13.8 Å². The molecule has 1 aromatic heterocycles. The van der Waals surface area contributed by atoms with Crippen LogP contribution in [0.3, 0.4) is 0 Å². The monoisotopic (exact) mass is 466 g/mol. The summed E-state index contributed by atoms with van der Waals surface area (Å²) in [6, 6.07) is 6.97. The number of carbonyl (C=O) groups is 2. The molecule has 2 rings (SSSR count). The number of benzene rings is 1. The Morgan fingerprint density at radius 2 is 1.94 bits per heavy atom. The summed E-state index contributed by atoms with van der Waals surface area (Å²) in [5.41, 5.74) is 1.75. The average molecular weight is 467 g/mol. The third kappa shape index (κ3) is 6.43. The third-order valence-corrected chi connectivity index (χ3v) is 4.02. The van der Waals surface area contributed by atoms with Crippen LogP contribution in [0, 0.1) is 11.3 Å². The van der Waals surface area contributed by atoms with Crippen LogP contribution >= 0.6 is 23.2 Å². The van der Waals surface area contributed by atoms with Crippen molar-refractivity contribution in [1.82, 2.24) is 15.1 Å². The zero-order valence-electron chi connectivity index (χ0n) is 16.3. The van der Waals surface area contributed by atoms with Gasteiger partial charge < -0.3 is 9.47 Å². The fraction of sp³-hybridized carbons (Fsp3) is 0.222. The lowest BCUT2D eigenvalue weighted by atomic mass is 10.3. The molecule has 31 heavy (non-hydrogen) atoms. The summed E-state index contributed by atoms with van der Waals surface area (Å²) in [6.45, 7) is 3.71. The minimum Gasteiger partial charge on any atom is -0.450 e. The molecule has 1 heterocycles. The molecule has 2 amide bonds. The van der Waals surface area contributed by atoms with E-state index < -0.39 is 17.7 Å². The van der Waals surface area contributed by atoms with Crippen molar-refractivity contribution < 1.29 is 19.1 Å². The van der Waals surface area contributed by atoms with E-state index in [9.17, 15) is 14.4 Å². The van der Waals surface area contributed by atoms with Gasteiger partial charge in [-0.1, -0.05) is 23.2 Å². The third-order valence-electron chi connectivity index (χ3n) is 3.46. The average Bonchev–Trinajstić information content (AvgIpc) is 2.72. The molecule has 0 aliphatic heterocycles. The van der Waals surface area contributed by atoms with Gasteiger partial charge in [-0.3, -0.25) is 20.3 Å². The maximum absolute atomic E-state index is 11.8. The Morgan fingerprint density at radius 1 is 1.26 bits per heavy atom. The molecule has 0 fully saturated rings. The standard InChI is InChI=1S/C18H16Cl2N6O5/c1-3-26-15(27)6-5-14(25-26)31-16-11(19)7-10(8-12(16)20)23-24-13(9-21)17(28)22-18(29)30-4-2/h5-8,23H,3-4H2,1-2H3,(H,22,28,29). The van der Waals surface area contributed by atoms with Crippen molar-refractivity contribution in [3.8, 4) is 17.7 Å². The first-order valence-corrected chi connectivity index (χ1v) is 9.51. The predicted octanol–water partition coefficient (Wildman–Crippen LogP) is 2.93. The van der Waals surface area contributed by atoms with Crippen molar-refractivity contribution in [2.75, 3.05) is 12.0 Å². The summed E-state index contributed by atoms with van der Waals surface area (Å²) >= 11 is 12.4. The first-order chi connectivity index (χ1) is 14.8. The maximum Gasteiger partial charge on any atom is 0.414 e. The number of rotatable bonds is 7. The molecular weight excluding hydrogens is 451 g/mol. The summed E-state index contributed by atoms with van der Waals surface area (Å²) in [7, 11) is 0. The Kier molecular flexibility index (Phi) is 8.36. The van der Waals surface area contributed by atoms with Gasteiger partial charge >= 0.3 is 6.09 Å². The number of alkyl carbamates (subject to hydrolysis) is 1. The van der Waals surface area contributed by atoms with E-state index in [0.717, 1.165) is 0 Å². The van der Waals surface area contributed by atoms with E-state index in [4.69, 9.17) is 33.2 Å². The summed E-state index contributed by atoms with van der Waals surface area (Å²) < 4.78 is 11.3. The molecule has 13 heteroatoms. The highest BCUT2D eigenvalue weighted by molar-refractivity contribution is 6.47. The number of anilines is 1. The van der Waals surface area contributed by atoms with Crippen molar-refractivity contribution >= 4 is 46.6 Å². The van der Waals surface area contributed by atoms with E-state index in [2.05, 4.69) is 20.4 Å². The van der Waals surface area contributed by atoms with Crippen LogP contribution in [0.15, 0.2) is 34.2 Å². The van der Waals surface area contributed by atoms with Crippen LogP contribution in [-0.4, -0.2) is 34.1 Å². The molecule has 1 aromatic carbocycles. The van der Waals surface area contributed by atoms with Gasteiger partial charge in [-0.25, -0.2) is 9.48 Å². The second kappa shape index (κ2) is 11.0. The van der Waals surface area contributed by atoms with E-state index in [1.54, 1.807) is 19.9 Å². The summed E-state index contributed by atoms with van der Waals surface area (Å²) in [6.07, 6.45) is -1.01. The van der Waals surface area contributed by atoms with E-state index in [1.807, 2.05) is 5.32 Å². The Balaban J connectivity index is 2.18. The molecule has 0 bridgehead atoms. The molecule has 0 saturated carbocycles. The van der Waals surface area contributed by atoms with Crippen molar-refractivity contribution in [3.05, 3.63) is 44.7 Å². The molecule has 11 nitrogen and oxygen atoms in total. The Bertz CT molecular complexity index is 1100. The summed E-state index contributed by atoms with van der Waals surface area (Å²) in [5, 5.41) is 18.7. The van der Waals surface area contributed by atoms with Gasteiger partial charge in [-0.05, 0) is 26.0 Å². The number of nitriles is 1. The molecule has 0 unspecified atom stereocenters. The van der Waals surface area contributed by atoms with Crippen LogP contribution in [0.5, 0.6) is 11.6 Å². The fourth-order valence-electron chi connectivity index (χ4n) is 2.10. The number of aromatic nitrogens is 2. The molecule has 0 saturated heterocycles. The molecule has 0 spiro atoms. The van der Waals surface area contributed by atoms with Crippen LogP contribution in [0.25, 0.3) is 0 Å². The number of halogens is 2. The van der Waals surface area contributed by atoms with Gasteiger partial charge in [0, 0.05) is 18.7 Å². The summed E-state index contributed by atoms with van der Waals surface area (Å²) in [5.74, 6) is -0.874. The van der Waals surface area contributed by atoms with Crippen LogP contribution in [-0.2, 0) is 16.1 Å². The van der Waals surface area contributed by atoms with Gasteiger partial charge in [-0.2, -0.15) is 10.4 Å². The van der Waals surface area contributed by atoms with Crippen LogP contribution < -0.4 is 21.0 Å². The minimum atomic E-state index is -1.05. The summed E-state index contributed by atoms with van der Waals surface area (Å²) in [4.78, 5) is 34.7. The number of carbonyl (C=O) groups excluding carboxylic acids is 2. The molecule has 0 atom stereocenters. The Hall–Kier alpha value is -3.62.